The number of rotatable bonds is 6. The Hall–Kier alpha value is -8.19. The van der Waals surface area contributed by atoms with Crippen molar-refractivity contribution >= 4 is 75.3 Å². The first-order valence-electron chi connectivity index (χ1n) is 21.1. The Bertz CT molecular complexity index is 3920. The maximum atomic E-state index is 6.36. The molecule has 0 radical (unpaired) electrons. The summed E-state index contributed by atoms with van der Waals surface area (Å²) in [5.74, 6) is 1.69. The monoisotopic (exact) mass is 822 g/mol. The summed E-state index contributed by atoms with van der Waals surface area (Å²) in [6.45, 7) is 0. The molecule has 0 aliphatic heterocycles. The lowest BCUT2D eigenvalue weighted by Crippen LogP contribution is -2.07. The third kappa shape index (κ3) is 5.80. The third-order valence-electron chi connectivity index (χ3n) is 12.3. The number of hydrogen-bond donors (Lipinski definition) is 0. The first kappa shape index (κ1) is 35.6. The van der Waals surface area contributed by atoms with Gasteiger partial charge in [-0.15, -0.1) is 11.3 Å². The van der Waals surface area contributed by atoms with Crippen LogP contribution in [0.25, 0.3) is 126 Å². The molecular formula is C57H34N4OS. The number of furan rings is 1. The molecule has 13 aromatic rings. The summed E-state index contributed by atoms with van der Waals surface area (Å²) in [7, 11) is 0. The van der Waals surface area contributed by atoms with E-state index in [2.05, 4.69) is 168 Å². The van der Waals surface area contributed by atoms with Crippen molar-refractivity contribution < 1.29 is 4.42 Å². The first-order chi connectivity index (χ1) is 31.2. The topological polar surface area (TPSA) is 56.7 Å². The van der Waals surface area contributed by atoms with Crippen LogP contribution in [0, 0.1) is 0 Å². The van der Waals surface area contributed by atoms with E-state index in [1.54, 1.807) is 0 Å². The van der Waals surface area contributed by atoms with Crippen LogP contribution in [0.2, 0.25) is 0 Å². The number of para-hydroxylation sites is 3. The van der Waals surface area contributed by atoms with Crippen LogP contribution >= 0.6 is 11.3 Å². The quantitative estimate of drug-likeness (QED) is 0.168. The Labute approximate surface area is 365 Å². The van der Waals surface area contributed by atoms with Crippen molar-refractivity contribution in [1.82, 2.24) is 19.5 Å². The molecule has 63 heavy (non-hydrogen) atoms. The van der Waals surface area contributed by atoms with Crippen LogP contribution in [-0.4, -0.2) is 19.5 Å². The predicted molar refractivity (Wildman–Crippen MR) is 262 cm³/mol. The highest BCUT2D eigenvalue weighted by Gasteiger charge is 2.22. The van der Waals surface area contributed by atoms with Crippen LogP contribution in [-0.2, 0) is 0 Å². The van der Waals surface area contributed by atoms with Crippen LogP contribution in [0.3, 0.4) is 0 Å². The maximum absolute atomic E-state index is 6.36. The molecule has 4 aromatic heterocycles. The molecular weight excluding hydrogens is 789 g/mol. The van der Waals surface area contributed by atoms with E-state index in [0.717, 1.165) is 82.7 Å². The summed E-state index contributed by atoms with van der Waals surface area (Å²) in [4.78, 5) is 15.8. The van der Waals surface area contributed by atoms with Crippen LogP contribution < -0.4 is 0 Å². The molecule has 0 fully saturated rings. The molecule has 0 spiro atoms. The minimum atomic E-state index is 0.539. The highest BCUT2D eigenvalue weighted by molar-refractivity contribution is 7.26. The Kier molecular flexibility index (Phi) is 8.01. The van der Waals surface area contributed by atoms with Crippen LogP contribution in [0.1, 0.15) is 0 Å². The molecule has 6 heteroatoms. The van der Waals surface area contributed by atoms with E-state index in [0.29, 0.717) is 17.6 Å². The van der Waals surface area contributed by atoms with Crippen LogP contribution in [0.15, 0.2) is 211 Å². The van der Waals surface area contributed by atoms with Gasteiger partial charge in [-0.2, -0.15) is 9.97 Å². The van der Waals surface area contributed by atoms with Gasteiger partial charge in [0.15, 0.2) is 11.6 Å². The van der Waals surface area contributed by atoms with Crippen molar-refractivity contribution in [2.45, 2.75) is 0 Å². The fourth-order valence-electron chi connectivity index (χ4n) is 9.34. The van der Waals surface area contributed by atoms with Crippen molar-refractivity contribution in [2.75, 3.05) is 0 Å². The fraction of sp³-hybridized carbons (Fsp3) is 0. The molecule has 0 amide bonds. The van der Waals surface area contributed by atoms with E-state index in [1.807, 2.05) is 53.8 Å². The van der Waals surface area contributed by atoms with Crippen molar-refractivity contribution in [1.29, 1.82) is 0 Å². The number of benzene rings is 9. The molecule has 0 saturated carbocycles. The Morgan fingerprint density at radius 2 is 0.968 bits per heavy atom. The molecule has 4 heterocycles. The molecule has 0 saturated heterocycles. The molecule has 0 atom stereocenters. The molecule has 0 bridgehead atoms. The predicted octanol–water partition coefficient (Wildman–Crippen LogP) is 15.6. The molecule has 294 valence electrons. The molecule has 5 nitrogen and oxygen atoms in total. The van der Waals surface area contributed by atoms with E-state index in [9.17, 15) is 0 Å². The standard InChI is InChI=1S/C57H34N4OS/c1-3-15-35(16-4-1)38-31-39(33-40(32-38)42-23-14-25-48-46-21-9-12-28-52(46)63-54(42)48)41-22-13-24-47-43-19-7-10-26-49(43)61(53(41)47)57-59-55(36-17-5-2-6-18-36)58-56(60-57)37-29-30-45-44-20-8-11-27-50(44)62-51(45)34-37/h1-34H. The van der Waals surface area contributed by atoms with Gasteiger partial charge in [0.05, 0.1) is 11.0 Å². The van der Waals surface area contributed by atoms with Gasteiger partial charge in [0.1, 0.15) is 11.2 Å². The minimum absolute atomic E-state index is 0.539. The summed E-state index contributed by atoms with van der Waals surface area (Å²) >= 11 is 1.86. The summed E-state index contributed by atoms with van der Waals surface area (Å²) < 4.78 is 11.2. The maximum Gasteiger partial charge on any atom is 0.238 e. The van der Waals surface area contributed by atoms with E-state index < -0.39 is 0 Å². The average molecular weight is 823 g/mol. The summed E-state index contributed by atoms with van der Waals surface area (Å²) in [6.07, 6.45) is 0. The molecule has 0 aliphatic carbocycles. The van der Waals surface area contributed by atoms with Gasteiger partial charge in [0, 0.05) is 58.4 Å². The van der Waals surface area contributed by atoms with E-state index >= 15 is 0 Å². The normalized spacial score (nSPS) is 11.8. The minimum Gasteiger partial charge on any atom is -0.456 e. The zero-order valence-electron chi connectivity index (χ0n) is 33.7. The number of nitrogens with zero attached hydrogens (tertiary/aromatic N) is 4. The van der Waals surface area contributed by atoms with Gasteiger partial charge in [-0.3, -0.25) is 4.57 Å². The zero-order chi connectivity index (χ0) is 41.4. The largest absolute Gasteiger partial charge is 0.456 e. The van der Waals surface area contributed by atoms with Gasteiger partial charge in [0.2, 0.25) is 5.95 Å². The highest BCUT2D eigenvalue weighted by atomic mass is 32.1. The van der Waals surface area contributed by atoms with E-state index in [1.165, 1.54) is 25.7 Å². The second-order valence-electron chi connectivity index (χ2n) is 16.0. The Morgan fingerprint density at radius 3 is 1.79 bits per heavy atom. The van der Waals surface area contributed by atoms with Gasteiger partial charge in [-0.25, -0.2) is 4.98 Å². The Balaban J connectivity index is 1.08. The molecule has 13 rings (SSSR count). The van der Waals surface area contributed by atoms with Crippen LogP contribution in [0.5, 0.6) is 0 Å². The molecule has 0 N–H and O–H groups in total. The van der Waals surface area contributed by atoms with Crippen molar-refractivity contribution in [2.24, 2.45) is 0 Å². The number of aromatic nitrogens is 4. The van der Waals surface area contributed by atoms with Gasteiger partial charge in [0.25, 0.3) is 0 Å². The summed E-state index contributed by atoms with van der Waals surface area (Å²) in [6, 6.07) is 72.9. The zero-order valence-corrected chi connectivity index (χ0v) is 34.6. The number of thiophene rings is 1. The lowest BCUT2D eigenvalue weighted by Gasteiger charge is -2.15. The molecule has 9 aromatic carbocycles. The lowest BCUT2D eigenvalue weighted by atomic mass is 9.92. The first-order valence-corrected chi connectivity index (χ1v) is 21.9. The highest BCUT2D eigenvalue weighted by Crippen LogP contribution is 2.44. The third-order valence-corrected chi connectivity index (χ3v) is 13.5. The van der Waals surface area contributed by atoms with Gasteiger partial charge < -0.3 is 4.42 Å². The lowest BCUT2D eigenvalue weighted by molar-refractivity contribution is 0.669. The second kappa shape index (κ2) is 14.2. The van der Waals surface area contributed by atoms with E-state index in [4.69, 9.17) is 19.4 Å². The molecule has 0 unspecified atom stereocenters. The number of fused-ring (bicyclic) bond motifs is 9. The van der Waals surface area contributed by atoms with Crippen LogP contribution in [0.4, 0.5) is 0 Å². The summed E-state index contributed by atoms with van der Waals surface area (Å²) in [5, 5.41) is 6.94. The van der Waals surface area contributed by atoms with Crippen molar-refractivity contribution in [3.8, 4) is 62.1 Å². The second-order valence-corrected chi connectivity index (χ2v) is 17.0. The fourth-order valence-corrected chi connectivity index (χ4v) is 10.6. The van der Waals surface area contributed by atoms with Gasteiger partial charge >= 0.3 is 0 Å². The van der Waals surface area contributed by atoms with Crippen molar-refractivity contribution in [3.05, 3.63) is 206 Å². The number of hydrogen-bond acceptors (Lipinski definition) is 5. The van der Waals surface area contributed by atoms with Gasteiger partial charge in [-0.1, -0.05) is 158 Å². The van der Waals surface area contributed by atoms with E-state index in [-0.39, 0.29) is 0 Å². The summed E-state index contributed by atoms with van der Waals surface area (Å²) in [5.41, 5.74) is 12.3. The van der Waals surface area contributed by atoms with Gasteiger partial charge in [-0.05, 0) is 76.3 Å². The molecule has 0 aliphatic rings. The van der Waals surface area contributed by atoms with Crippen molar-refractivity contribution in [3.63, 3.8) is 0 Å². The Morgan fingerprint density at radius 1 is 0.365 bits per heavy atom. The SMILES string of the molecule is c1ccc(-c2cc(-c3cccc4c3sc3ccccc34)cc(-c3cccc4c5ccccc5n(-c5nc(-c6ccccc6)nc(-c6ccc7c(c6)oc6ccccc67)n5)c34)c2)cc1. The smallest absolute Gasteiger partial charge is 0.238 e. The average Bonchev–Trinajstić information content (AvgIpc) is 4.04.